The van der Waals surface area contributed by atoms with E-state index in [2.05, 4.69) is 17.0 Å². The van der Waals surface area contributed by atoms with Crippen molar-refractivity contribution in [3.05, 3.63) is 100 Å². The number of ether oxygens (including phenoxy) is 1. The average molecular weight is 540 g/mol. The molecule has 3 rings (SSSR count). The molecule has 3 aromatic carbocycles. The molecule has 0 bridgehead atoms. The third-order valence-corrected chi connectivity index (χ3v) is 5.79. The Morgan fingerprint density at radius 3 is 2.13 bits per heavy atom. The normalized spacial score (nSPS) is 11.9. The molecule has 1 amide bonds. The zero-order valence-electron chi connectivity index (χ0n) is 22.1. The molecule has 1 N–H and O–H groups in total. The van der Waals surface area contributed by atoms with Gasteiger partial charge >= 0.3 is 12.1 Å². The minimum absolute atomic E-state index is 0.0878. The maximum atomic E-state index is 12.9. The van der Waals surface area contributed by atoms with Gasteiger partial charge in [-0.05, 0) is 80.1 Å². The van der Waals surface area contributed by atoms with Crippen LogP contribution in [0, 0.1) is 0 Å². The van der Waals surface area contributed by atoms with E-state index < -0.39 is 23.8 Å². The van der Waals surface area contributed by atoms with Gasteiger partial charge in [0.05, 0.1) is 12.6 Å². The summed E-state index contributed by atoms with van der Waals surface area (Å²) in [5, 5.41) is 11.3. The lowest BCUT2D eigenvalue weighted by molar-refractivity contribution is -0.210. The topological polar surface area (TPSA) is 85.3 Å². The van der Waals surface area contributed by atoms with E-state index >= 15 is 0 Å². The first kappa shape index (κ1) is 29.0. The largest absolute Gasteiger partial charge is 0.444 e. The molecule has 0 saturated carbocycles. The lowest BCUT2D eigenvalue weighted by Gasteiger charge is -2.29. The molecule has 1 atom stereocenters. The zero-order chi connectivity index (χ0) is 27.7. The number of amides is 1. The monoisotopic (exact) mass is 539 g/mol. The van der Waals surface area contributed by atoms with Crippen molar-refractivity contribution in [3.8, 4) is 5.75 Å². The van der Waals surface area contributed by atoms with Crippen molar-refractivity contribution in [2.75, 3.05) is 13.1 Å². The van der Waals surface area contributed by atoms with Gasteiger partial charge in [-0.2, -0.15) is 0 Å². The highest BCUT2D eigenvalue weighted by atomic mass is 35.5. The summed E-state index contributed by atoms with van der Waals surface area (Å²) in [6.07, 6.45) is -0.0423. The fourth-order valence-electron chi connectivity index (χ4n) is 3.70. The third kappa shape index (κ3) is 9.72. The van der Waals surface area contributed by atoms with Crippen LogP contribution in [0.4, 0.5) is 4.79 Å². The van der Waals surface area contributed by atoms with Crippen LogP contribution in [0.15, 0.2) is 72.8 Å². The van der Waals surface area contributed by atoms with Gasteiger partial charge < -0.3 is 14.7 Å². The molecule has 0 aliphatic rings. The van der Waals surface area contributed by atoms with Crippen molar-refractivity contribution in [1.29, 1.82) is 0 Å². The molecule has 0 spiro atoms. The van der Waals surface area contributed by atoms with E-state index in [1.54, 1.807) is 36.4 Å². The Kier molecular flexibility index (Phi) is 10.2. The summed E-state index contributed by atoms with van der Waals surface area (Å²) in [7, 11) is 0. The minimum Gasteiger partial charge on any atom is -0.444 e. The first-order valence-corrected chi connectivity index (χ1v) is 12.8. The van der Waals surface area contributed by atoms with Crippen molar-refractivity contribution < 1.29 is 29.2 Å². The number of hydrogen-bond acceptors (Lipinski definition) is 6. The van der Waals surface area contributed by atoms with Crippen LogP contribution >= 0.6 is 11.6 Å². The Labute approximate surface area is 228 Å². The second-order valence-electron chi connectivity index (χ2n) is 10.0. The van der Waals surface area contributed by atoms with Gasteiger partial charge in [0.15, 0.2) is 5.75 Å². The van der Waals surface area contributed by atoms with Crippen LogP contribution in [0.1, 0.15) is 56.1 Å². The molecule has 0 unspecified atom stereocenters. The van der Waals surface area contributed by atoms with Gasteiger partial charge in [0.2, 0.25) is 0 Å². The van der Waals surface area contributed by atoms with E-state index in [1.165, 1.54) is 11.8 Å². The predicted octanol–water partition coefficient (Wildman–Crippen LogP) is 6.30. The van der Waals surface area contributed by atoms with E-state index in [-0.39, 0.29) is 6.54 Å². The first-order chi connectivity index (χ1) is 18.0. The summed E-state index contributed by atoms with van der Waals surface area (Å²) < 4.78 is 5.59. The summed E-state index contributed by atoms with van der Waals surface area (Å²) >= 11 is 6.07. The molecule has 0 aliphatic carbocycles. The lowest BCUT2D eigenvalue weighted by Crippen LogP contribution is -2.40. The Bertz CT molecular complexity index is 1200. The quantitative estimate of drug-likeness (QED) is 0.240. The van der Waals surface area contributed by atoms with Gasteiger partial charge in [-0.25, -0.2) is 9.59 Å². The van der Waals surface area contributed by atoms with Crippen LogP contribution in [-0.2, 0) is 27.3 Å². The standard InChI is InChI=1S/C30H34ClNO6/c1-21(33)37-38-27-14-12-24(13-15-27)18-23-10-8-22(9-11-23)16-17-32(29(35)36-30(2,3)4)20-28(34)25-6-5-7-26(31)19-25/h5-15,19,28,34H,16-18,20H2,1-4H3/t28-/m0/s1. The Balaban J connectivity index is 1.61. The van der Waals surface area contributed by atoms with E-state index in [0.717, 1.165) is 23.1 Å². The highest BCUT2D eigenvalue weighted by Crippen LogP contribution is 2.21. The molecule has 3 aromatic rings. The lowest BCUT2D eigenvalue weighted by atomic mass is 10.0. The van der Waals surface area contributed by atoms with Gasteiger partial charge in [-0.1, -0.05) is 60.1 Å². The van der Waals surface area contributed by atoms with Gasteiger partial charge in [-0.3, -0.25) is 9.78 Å². The van der Waals surface area contributed by atoms with Crippen LogP contribution in [0.25, 0.3) is 0 Å². The Hall–Kier alpha value is -3.55. The van der Waals surface area contributed by atoms with Gasteiger partial charge in [-0.15, -0.1) is 0 Å². The zero-order valence-corrected chi connectivity index (χ0v) is 22.9. The summed E-state index contributed by atoms with van der Waals surface area (Å²) in [6, 6.07) is 22.5. The Morgan fingerprint density at radius 2 is 1.55 bits per heavy atom. The summed E-state index contributed by atoms with van der Waals surface area (Å²) in [4.78, 5) is 34.7. The summed E-state index contributed by atoms with van der Waals surface area (Å²) in [5.74, 6) is -0.0602. The number of carbonyl (C=O) groups is 2. The van der Waals surface area contributed by atoms with Crippen molar-refractivity contribution in [1.82, 2.24) is 4.90 Å². The van der Waals surface area contributed by atoms with Crippen molar-refractivity contribution in [2.24, 2.45) is 0 Å². The number of carbonyl (C=O) groups excluding carboxylic acids is 2. The smallest absolute Gasteiger partial charge is 0.410 e. The van der Waals surface area contributed by atoms with Crippen LogP contribution in [-0.4, -0.2) is 40.8 Å². The fraction of sp³-hybridized carbons (Fsp3) is 0.333. The van der Waals surface area contributed by atoms with Crippen molar-refractivity contribution in [3.63, 3.8) is 0 Å². The first-order valence-electron chi connectivity index (χ1n) is 12.4. The number of aliphatic hydroxyl groups is 1. The number of halogens is 1. The molecule has 8 heteroatoms. The highest BCUT2D eigenvalue weighted by molar-refractivity contribution is 6.30. The molecule has 38 heavy (non-hydrogen) atoms. The summed E-state index contributed by atoms with van der Waals surface area (Å²) in [5.41, 5.74) is 3.26. The predicted molar refractivity (Wildman–Crippen MR) is 146 cm³/mol. The fourth-order valence-corrected chi connectivity index (χ4v) is 3.90. The molecule has 0 radical (unpaired) electrons. The molecule has 7 nitrogen and oxygen atoms in total. The second-order valence-corrected chi connectivity index (χ2v) is 10.5. The van der Waals surface area contributed by atoms with Crippen molar-refractivity contribution in [2.45, 2.75) is 52.2 Å². The molecule has 0 aromatic heterocycles. The van der Waals surface area contributed by atoms with E-state index in [1.807, 2.05) is 45.0 Å². The maximum Gasteiger partial charge on any atom is 0.410 e. The van der Waals surface area contributed by atoms with Gasteiger partial charge in [0, 0.05) is 18.5 Å². The number of benzene rings is 3. The van der Waals surface area contributed by atoms with Crippen LogP contribution in [0.3, 0.4) is 0 Å². The van der Waals surface area contributed by atoms with Gasteiger partial charge in [0.1, 0.15) is 5.60 Å². The number of rotatable bonds is 10. The van der Waals surface area contributed by atoms with Crippen LogP contribution < -0.4 is 4.89 Å². The highest BCUT2D eigenvalue weighted by Gasteiger charge is 2.24. The van der Waals surface area contributed by atoms with Crippen LogP contribution in [0.5, 0.6) is 5.75 Å². The molecule has 0 aliphatic heterocycles. The number of nitrogens with zero attached hydrogens (tertiary/aromatic N) is 1. The van der Waals surface area contributed by atoms with E-state index in [4.69, 9.17) is 21.2 Å². The minimum atomic E-state index is -0.894. The molecule has 0 heterocycles. The van der Waals surface area contributed by atoms with E-state index in [9.17, 15) is 14.7 Å². The number of hydrogen-bond donors (Lipinski definition) is 1. The van der Waals surface area contributed by atoms with Crippen molar-refractivity contribution >= 4 is 23.7 Å². The maximum absolute atomic E-state index is 12.9. The molecule has 0 saturated heterocycles. The molecule has 202 valence electrons. The summed E-state index contributed by atoms with van der Waals surface area (Å²) in [6.45, 7) is 7.19. The Morgan fingerprint density at radius 1 is 0.947 bits per heavy atom. The third-order valence-electron chi connectivity index (χ3n) is 5.56. The van der Waals surface area contributed by atoms with Gasteiger partial charge in [0.25, 0.3) is 0 Å². The van der Waals surface area contributed by atoms with E-state index in [0.29, 0.717) is 29.3 Å². The van der Waals surface area contributed by atoms with Crippen LogP contribution in [0.2, 0.25) is 5.02 Å². The SMILES string of the molecule is CC(=O)OOc1ccc(Cc2ccc(CCN(C[C@H](O)c3cccc(Cl)c3)C(=O)OC(C)(C)C)cc2)cc1. The number of aliphatic hydroxyl groups excluding tert-OH is 1. The second kappa shape index (κ2) is 13.3. The average Bonchev–Trinajstić information content (AvgIpc) is 2.85. The molecular weight excluding hydrogens is 506 g/mol. The molecule has 0 fully saturated rings. The molecular formula is C30H34ClNO6.